The van der Waals surface area contributed by atoms with Crippen molar-refractivity contribution in [2.75, 3.05) is 18.0 Å². The van der Waals surface area contributed by atoms with Gasteiger partial charge in [0.05, 0.1) is 0 Å². The summed E-state index contributed by atoms with van der Waals surface area (Å²) in [5.74, 6) is 0. The number of carbonyl (C=O) groups is 1. The second-order valence-electron chi connectivity index (χ2n) is 3.52. The predicted octanol–water partition coefficient (Wildman–Crippen LogP) is 2.86. The van der Waals surface area contributed by atoms with Crippen LogP contribution in [0.1, 0.15) is 23.2 Å². The van der Waals surface area contributed by atoms with E-state index in [2.05, 4.69) is 20.8 Å². The third kappa shape index (κ3) is 1.82. The number of aldehydes is 1. The van der Waals surface area contributed by atoms with E-state index in [0.717, 1.165) is 35.1 Å². The van der Waals surface area contributed by atoms with Crippen molar-refractivity contribution in [3.63, 3.8) is 0 Å². The Kier molecular flexibility index (Phi) is 2.87. The molecular formula is C11H12BrNO. The van der Waals surface area contributed by atoms with E-state index >= 15 is 0 Å². The summed E-state index contributed by atoms with van der Waals surface area (Å²) in [6.07, 6.45) is 3.38. The first-order valence-electron chi connectivity index (χ1n) is 4.81. The van der Waals surface area contributed by atoms with E-state index in [1.807, 2.05) is 18.2 Å². The predicted molar refractivity (Wildman–Crippen MR) is 61.0 cm³/mol. The minimum absolute atomic E-state index is 0.787. The summed E-state index contributed by atoms with van der Waals surface area (Å²) in [6, 6.07) is 5.79. The fourth-order valence-corrected chi connectivity index (χ4v) is 2.20. The molecule has 0 spiro atoms. The van der Waals surface area contributed by atoms with Gasteiger partial charge >= 0.3 is 0 Å². The highest BCUT2D eigenvalue weighted by Gasteiger charge is 2.15. The van der Waals surface area contributed by atoms with Crippen molar-refractivity contribution in [3.05, 3.63) is 28.2 Å². The molecule has 0 aliphatic carbocycles. The highest BCUT2D eigenvalue weighted by molar-refractivity contribution is 9.10. The zero-order valence-corrected chi connectivity index (χ0v) is 9.46. The maximum atomic E-state index is 10.9. The zero-order chi connectivity index (χ0) is 9.97. The van der Waals surface area contributed by atoms with Crippen molar-refractivity contribution < 1.29 is 4.79 Å². The molecule has 0 aromatic heterocycles. The van der Waals surface area contributed by atoms with Gasteiger partial charge in [0.2, 0.25) is 0 Å². The molecule has 1 aromatic carbocycles. The summed E-state index contributed by atoms with van der Waals surface area (Å²) in [5.41, 5.74) is 1.85. The Labute approximate surface area is 92.0 Å². The van der Waals surface area contributed by atoms with E-state index < -0.39 is 0 Å². The molecule has 0 atom stereocenters. The van der Waals surface area contributed by atoms with E-state index in [1.54, 1.807) is 0 Å². The number of benzene rings is 1. The molecule has 2 nitrogen and oxygen atoms in total. The Morgan fingerprint density at radius 1 is 1.29 bits per heavy atom. The molecule has 1 heterocycles. The molecule has 0 saturated carbocycles. The number of carbonyl (C=O) groups excluding carboxylic acids is 1. The summed E-state index contributed by atoms with van der Waals surface area (Å²) < 4.78 is 1.03. The first-order chi connectivity index (χ1) is 6.81. The third-order valence-corrected chi connectivity index (χ3v) is 3.06. The molecule has 0 unspecified atom stereocenters. The van der Waals surface area contributed by atoms with Crippen molar-refractivity contribution >= 4 is 27.9 Å². The number of anilines is 1. The normalized spacial score (nSPS) is 15.9. The average molecular weight is 254 g/mol. The monoisotopic (exact) mass is 253 g/mol. The molecule has 0 N–H and O–H groups in total. The summed E-state index contributed by atoms with van der Waals surface area (Å²) in [5, 5.41) is 0. The van der Waals surface area contributed by atoms with Gasteiger partial charge in [0, 0.05) is 28.8 Å². The van der Waals surface area contributed by atoms with Crippen LogP contribution in [0.3, 0.4) is 0 Å². The number of halogens is 1. The molecule has 1 aliphatic rings. The van der Waals surface area contributed by atoms with Crippen molar-refractivity contribution in [2.24, 2.45) is 0 Å². The molecule has 74 valence electrons. The van der Waals surface area contributed by atoms with E-state index in [-0.39, 0.29) is 0 Å². The Hall–Kier alpha value is -0.830. The molecule has 3 heteroatoms. The Bertz CT molecular complexity index is 345. The molecule has 0 bridgehead atoms. The van der Waals surface area contributed by atoms with Gasteiger partial charge in [0.1, 0.15) is 0 Å². The van der Waals surface area contributed by atoms with Gasteiger partial charge in [-0.15, -0.1) is 0 Å². The molecule has 1 aliphatic heterocycles. The maximum absolute atomic E-state index is 10.9. The highest BCUT2D eigenvalue weighted by Crippen LogP contribution is 2.26. The minimum atomic E-state index is 0.787. The lowest BCUT2D eigenvalue weighted by atomic mass is 10.2. The average Bonchev–Trinajstić information content (AvgIpc) is 2.70. The van der Waals surface area contributed by atoms with Crippen LogP contribution in [0, 0.1) is 0 Å². The van der Waals surface area contributed by atoms with Gasteiger partial charge < -0.3 is 4.90 Å². The van der Waals surface area contributed by atoms with Gasteiger partial charge in [0.15, 0.2) is 6.29 Å². The van der Waals surface area contributed by atoms with Gasteiger partial charge in [0.25, 0.3) is 0 Å². The van der Waals surface area contributed by atoms with Crippen LogP contribution in [0.25, 0.3) is 0 Å². The van der Waals surface area contributed by atoms with E-state index in [9.17, 15) is 4.79 Å². The van der Waals surface area contributed by atoms with Gasteiger partial charge in [-0.05, 0) is 31.0 Å². The molecular weight excluding hydrogens is 242 g/mol. The van der Waals surface area contributed by atoms with Gasteiger partial charge in [-0.25, -0.2) is 0 Å². The maximum Gasteiger partial charge on any atom is 0.152 e. The zero-order valence-electron chi connectivity index (χ0n) is 7.87. The van der Waals surface area contributed by atoms with Crippen molar-refractivity contribution in [2.45, 2.75) is 12.8 Å². The summed E-state index contributed by atoms with van der Waals surface area (Å²) in [4.78, 5) is 13.1. The smallest absolute Gasteiger partial charge is 0.152 e. The van der Waals surface area contributed by atoms with Crippen LogP contribution in [0.15, 0.2) is 22.7 Å². The quantitative estimate of drug-likeness (QED) is 0.756. The van der Waals surface area contributed by atoms with Crippen LogP contribution in [0.5, 0.6) is 0 Å². The lowest BCUT2D eigenvalue weighted by Crippen LogP contribution is -2.19. The number of hydrogen-bond acceptors (Lipinski definition) is 2. The van der Waals surface area contributed by atoms with Crippen LogP contribution in [-0.4, -0.2) is 19.4 Å². The van der Waals surface area contributed by atoms with E-state index in [4.69, 9.17) is 0 Å². The minimum Gasteiger partial charge on any atom is -0.371 e. The standard InChI is InChI=1S/C11H12BrNO/c12-10-4-3-9(8-14)11(7-10)13-5-1-2-6-13/h3-4,7-8H,1-2,5-6H2. The highest BCUT2D eigenvalue weighted by atomic mass is 79.9. The fourth-order valence-electron chi connectivity index (χ4n) is 1.85. The molecule has 2 rings (SSSR count). The first kappa shape index (κ1) is 9.71. The topological polar surface area (TPSA) is 20.3 Å². The van der Waals surface area contributed by atoms with Gasteiger partial charge in [-0.2, -0.15) is 0 Å². The molecule has 1 aromatic rings. The fraction of sp³-hybridized carbons (Fsp3) is 0.364. The molecule has 14 heavy (non-hydrogen) atoms. The summed E-state index contributed by atoms with van der Waals surface area (Å²) in [7, 11) is 0. The second kappa shape index (κ2) is 4.13. The van der Waals surface area contributed by atoms with Crippen molar-refractivity contribution in [3.8, 4) is 0 Å². The SMILES string of the molecule is O=Cc1ccc(Br)cc1N1CCCC1. The van der Waals surface area contributed by atoms with Crippen LogP contribution < -0.4 is 4.90 Å². The van der Waals surface area contributed by atoms with Crippen LogP contribution in [0.4, 0.5) is 5.69 Å². The number of hydrogen-bond donors (Lipinski definition) is 0. The second-order valence-corrected chi connectivity index (χ2v) is 4.43. The molecule has 1 fully saturated rings. The van der Waals surface area contributed by atoms with Gasteiger partial charge in [-0.1, -0.05) is 15.9 Å². The van der Waals surface area contributed by atoms with Crippen molar-refractivity contribution in [1.82, 2.24) is 0 Å². The Morgan fingerprint density at radius 2 is 2.00 bits per heavy atom. The largest absolute Gasteiger partial charge is 0.371 e. The molecule has 1 saturated heterocycles. The van der Waals surface area contributed by atoms with E-state index in [1.165, 1.54) is 12.8 Å². The van der Waals surface area contributed by atoms with Gasteiger partial charge in [-0.3, -0.25) is 4.79 Å². The molecule has 0 radical (unpaired) electrons. The number of nitrogens with zero attached hydrogens (tertiary/aromatic N) is 1. The van der Waals surface area contributed by atoms with E-state index in [0.29, 0.717) is 0 Å². The van der Waals surface area contributed by atoms with Crippen molar-refractivity contribution in [1.29, 1.82) is 0 Å². The Morgan fingerprint density at radius 3 is 2.64 bits per heavy atom. The summed E-state index contributed by atoms with van der Waals surface area (Å²) in [6.45, 7) is 2.13. The Balaban J connectivity index is 2.37. The number of rotatable bonds is 2. The lowest BCUT2D eigenvalue weighted by molar-refractivity contribution is 0.112. The summed E-state index contributed by atoms with van der Waals surface area (Å²) >= 11 is 3.43. The first-order valence-corrected chi connectivity index (χ1v) is 5.60. The van der Waals surface area contributed by atoms with Crippen LogP contribution in [-0.2, 0) is 0 Å². The third-order valence-electron chi connectivity index (χ3n) is 2.57. The van der Waals surface area contributed by atoms with Crippen LogP contribution >= 0.6 is 15.9 Å². The van der Waals surface area contributed by atoms with Crippen LogP contribution in [0.2, 0.25) is 0 Å². The lowest BCUT2D eigenvalue weighted by Gasteiger charge is -2.19. The molecule has 0 amide bonds.